The van der Waals surface area contributed by atoms with Crippen molar-refractivity contribution >= 4 is 29.2 Å². The number of amides is 3. The molecule has 3 saturated heterocycles. The lowest BCUT2D eigenvalue weighted by molar-refractivity contribution is -0.139. The minimum atomic E-state index is -0.625. The van der Waals surface area contributed by atoms with Crippen LogP contribution in [0.15, 0.2) is 54.7 Å². The van der Waals surface area contributed by atoms with Gasteiger partial charge in [-0.05, 0) is 30.7 Å². The molecule has 0 aliphatic carbocycles. The molecule has 0 radical (unpaired) electrons. The average molecular weight is 476 g/mol. The maximum absolute atomic E-state index is 13.0. The summed E-state index contributed by atoms with van der Waals surface area (Å²) in [5.41, 5.74) is 1.44. The van der Waals surface area contributed by atoms with Crippen LogP contribution >= 0.6 is 0 Å². The van der Waals surface area contributed by atoms with Gasteiger partial charge in [-0.2, -0.15) is 0 Å². The Morgan fingerprint density at radius 1 is 0.829 bits per heavy atom. The Bertz CT molecular complexity index is 1100. The van der Waals surface area contributed by atoms with Gasteiger partial charge in [-0.3, -0.25) is 24.2 Å². The molecule has 0 saturated carbocycles. The predicted octanol–water partition coefficient (Wildman–Crippen LogP) is 1.21. The number of benzene rings is 1. The Balaban J connectivity index is 1.13. The molecule has 2 atom stereocenters. The summed E-state index contributed by atoms with van der Waals surface area (Å²) in [4.78, 5) is 62.7. The second kappa shape index (κ2) is 9.85. The maximum Gasteiger partial charge on any atom is 0.273 e. The van der Waals surface area contributed by atoms with Gasteiger partial charge in [-0.1, -0.05) is 24.3 Å². The summed E-state index contributed by atoms with van der Waals surface area (Å²) in [7, 11) is 0. The van der Waals surface area contributed by atoms with Gasteiger partial charge in [0.05, 0.1) is 12.6 Å². The number of hydrogen-bond acceptors (Lipinski definition) is 6. The van der Waals surface area contributed by atoms with E-state index < -0.39 is 6.04 Å². The molecule has 2 unspecified atom stereocenters. The summed E-state index contributed by atoms with van der Waals surface area (Å²) < 4.78 is 0. The third-order valence-corrected chi connectivity index (χ3v) is 7.19. The van der Waals surface area contributed by atoms with Crippen molar-refractivity contribution in [2.24, 2.45) is 0 Å². The van der Waals surface area contributed by atoms with Gasteiger partial charge < -0.3 is 19.6 Å². The summed E-state index contributed by atoms with van der Waals surface area (Å²) in [6.45, 7) is 3.16. The summed E-state index contributed by atoms with van der Waals surface area (Å²) in [5.74, 6) is -0.653. The molecule has 3 fully saturated rings. The number of aromatic nitrogens is 1. The highest BCUT2D eigenvalue weighted by Gasteiger charge is 2.51. The molecule has 0 spiro atoms. The zero-order chi connectivity index (χ0) is 24.4. The molecule has 0 bridgehead atoms. The van der Waals surface area contributed by atoms with E-state index in [1.807, 2.05) is 23.1 Å². The van der Waals surface area contributed by atoms with Gasteiger partial charge in [0.2, 0.25) is 11.8 Å². The topological polar surface area (TPSA) is 94.1 Å². The smallest absolute Gasteiger partial charge is 0.273 e. The first kappa shape index (κ1) is 23.0. The minimum absolute atomic E-state index is 0.0147. The SMILES string of the molecule is O=C1CN(C(=O)c2ccccn2)C2CCN(C(=O)CCC(=O)N3CCN(c4ccccc4)CC3)C12. The quantitative estimate of drug-likeness (QED) is 0.645. The third-order valence-electron chi connectivity index (χ3n) is 7.19. The van der Waals surface area contributed by atoms with Crippen LogP contribution in [-0.2, 0) is 14.4 Å². The Morgan fingerprint density at radius 2 is 1.54 bits per heavy atom. The van der Waals surface area contributed by atoms with E-state index in [1.54, 1.807) is 34.2 Å². The number of anilines is 1. The number of hydrogen-bond donors (Lipinski definition) is 0. The molecule has 9 heteroatoms. The number of carbonyl (C=O) groups is 4. The van der Waals surface area contributed by atoms with Gasteiger partial charge in [0.15, 0.2) is 5.78 Å². The fourth-order valence-corrected chi connectivity index (χ4v) is 5.38. The molecule has 1 aromatic heterocycles. The number of piperazine rings is 1. The molecule has 182 valence electrons. The number of nitrogens with zero attached hydrogens (tertiary/aromatic N) is 5. The first-order chi connectivity index (χ1) is 17.0. The summed E-state index contributed by atoms with van der Waals surface area (Å²) >= 11 is 0. The number of likely N-dealkylation sites (tertiary alicyclic amines) is 2. The molecule has 3 aliphatic rings. The lowest BCUT2D eigenvalue weighted by Gasteiger charge is -2.36. The Morgan fingerprint density at radius 3 is 2.26 bits per heavy atom. The Hall–Kier alpha value is -3.75. The standard InChI is InChI=1S/C26H29N5O4/c32-22-18-31(26(35)20-8-4-5-12-27-20)21-11-13-30(25(21)22)24(34)10-9-23(33)29-16-14-28(15-17-29)19-6-2-1-3-7-19/h1-8,12,21,25H,9-11,13-18H2. The van der Waals surface area contributed by atoms with E-state index in [4.69, 9.17) is 0 Å². The fourth-order valence-electron chi connectivity index (χ4n) is 5.38. The maximum atomic E-state index is 13.0. The van der Waals surface area contributed by atoms with E-state index in [2.05, 4.69) is 22.0 Å². The third kappa shape index (κ3) is 4.62. The van der Waals surface area contributed by atoms with Crippen molar-refractivity contribution in [2.75, 3.05) is 44.2 Å². The zero-order valence-electron chi connectivity index (χ0n) is 19.6. The number of fused-ring (bicyclic) bond motifs is 1. The first-order valence-corrected chi connectivity index (χ1v) is 12.1. The van der Waals surface area contributed by atoms with Crippen molar-refractivity contribution in [3.8, 4) is 0 Å². The van der Waals surface area contributed by atoms with Crippen LogP contribution in [0.2, 0.25) is 0 Å². The summed E-state index contributed by atoms with van der Waals surface area (Å²) in [6.07, 6.45) is 2.30. The molecule has 9 nitrogen and oxygen atoms in total. The molecule has 4 heterocycles. The molecule has 5 rings (SSSR count). The molecule has 3 amide bonds. The van der Waals surface area contributed by atoms with Gasteiger partial charge in [-0.15, -0.1) is 0 Å². The number of para-hydroxylation sites is 1. The Kier molecular flexibility index (Phi) is 6.48. The van der Waals surface area contributed by atoms with Crippen molar-refractivity contribution in [1.82, 2.24) is 19.7 Å². The van der Waals surface area contributed by atoms with Crippen molar-refractivity contribution in [3.63, 3.8) is 0 Å². The Labute approximate surface area is 204 Å². The van der Waals surface area contributed by atoms with Crippen molar-refractivity contribution in [2.45, 2.75) is 31.3 Å². The fraction of sp³-hybridized carbons (Fsp3) is 0.423. The highest BCUT2D eigenvalue weighted by molar-refractivity contribution is 6.01. The molecular weight excluding hydrogens is 446 g/mol. The summed E-state index contributed by atoms with van der Waals surface area (Å²) in [6, 6.07) is 14.3. The molecule has 0 N–H and O–H groups in total. The number of ketones is 1. The number of pyridine rings is 1. The van der Waals surface area contributed by atoms with Crippen LogP contribution in [-0.4, -0.2) is 94.5 Å². The van der Waals surface area contributed by atoms with E-state index in [9.17, 15) is 19.2 Å². The predicted molar refractivity (Wildman–Crippen MR) is 129 cm³/mol. The van der Waals surface area contributed by atoms with Crippen molar-refractivity contribution in [1.29, 1.82) is 0 Å². The normalized spacial score (nSPS) is 21.9. The number of carbonyl (C=O) groups excluding carboxylic acids is 4. The summed E-state index contributed by atoms with van der Waals surface area (Å²) in [5, 5.41) is 0. The van der Waals surface area contributed by atoms with Gasteiger partial charge in [0.25, 0.3) is 5.91 Å². The molecule has 3 aliphatic heterocycles. The minimum Gasteiger partial charge on any atom is -0.368 e. The lowest BCUT2D eigenvalue weighted by Crippen LogP contribution is -2.49. The number of Topliss-reactive ketones (excluding diaryl/α,β-unsaturated/α-hetero) is 1. The second-order valence-corrected chi connectivity index (χ2v) is 9.21. The van der Waals surface area contributed by atoms with Crippen molar-refractivity contribution < 1.29 is 19.2 Å². The van der Waals surface area contributed by atoms with Gasteiger partial charge in [-0.25, -0.2) is 0 Å². The number of rotatable bonds is 5. The molecule has 1 aromatic carbocycles. The van der Waals surface area contributed by atoms with Crippen LogP contribution in [0.25, 0.3) is 0 Å². The van der Waals surface area contributed by atoms with E-state index in [0.29, 0.717) is 31.7 Å². The first-order valence-electron chi connectivity index (χ1n) is 12.1. The van der Waals surface area contributed by atoms with Gasteiger partial charge in [0, 0.05) is 57.4 Å². The van der Waals surface area contributed by atoms with E-state index in [-0.39, 0.29) is 48.9 Å². The lowest BCUT2D eigenvalue weighted by atomic mass is 10.1. The van der Waals surface area contributed by atoms with E-state index >= 15 is 0 Å². The van der Waals surface area contributed by atoms with Crippen LogP contribution in [0.5, 0.6) is 0 Å². The van der Waals surface area contributed by atoms with Gasteiger partial charge in [0.1, 0.15) is 11.7 Å². The van der Waals surface area contributed by atoms with Crippen LogP contribution in [0, 0.1) is 0 Å². The monoisotopic (exact) mass is 475 g/mol. The average Bonchev–Trinajstić information content (AvgIpc) is 3.49. The van der Waals surface area contributed by atoms with Crippen LogP contribution in [0.3, 0.4) is 0 Å². The largest absolute Gasteiger partial charge is 0.368 e. The van der Waals surface area contributed by atoms with Crippen molar-refractivity contribution in [3.05, 3.63) is 60.4 Å². The molecular formula is C26H29N5O4. The van der Waals surface area contributed by atoms with Gasteiger partial charge >= 0.3 is 0 Å². The highest BCUT2D eigenvalue weighted by Crippen LogP contribution is 2.31. The second-order valence-electron chi connectivity index (χ2n) is 9.21. The zero-order valence-corrected chi connectivity index (χ0v) is 19.6. The van der Waals surface area contributed by atoms with Crippen LogP contribution in [0.1, 0.15) is 29.8 Å². The van der Waals surface area contributed by atoms with Crippen LogP contribution in [0.4, 0.5) is 5.69 Å². The van der Waals surface area contributed by atoms with E-state index in [0.717, 1.165) is 18.8 Å². The van der Waals surface area contributed by atoms with E-state index in [1.165, 1.54) is 0 Å². The highest BCUT2D eigenvalue weighted by atomic mass is 16.2. The van der Waals surface area contributed by atoms with Crippen LogP contribution < -0.4 is 4.90 Å². The molecule has 2 aromatic rings. The molecule has 35 heavy (non-hydrogen) atoms.